The van der Waals surface area contributed by atoms with Crippen molar-refractivity contribution in [2.75, 3.05) is 19.8 Å². The fourth-order valence-electron chi connectivity index (χ4n) is 4.68. The van der Waals surface area contributed by atoms with Gasteiger partial charge in [-0.2, -0.15) is 0 Å². The van der Waals surface area contributed by atoms with Gasteiger partial charge in [0.05, 0.1) is 13.2 Å². The van der Waals surface area contributed by atoms with E-state index in [1.165, 1.54) is 116 Å². The fraction of sp³-hybridized carbons (Fsp3) is 1.00. The molecule has 3 nitrogen and oxygen atoms in total. The molecule has 0 bridgehead atoms. The van der Waals surface area contributed by atoms with Crippen molar-refractivity contribution in [3.63, 3.8) is 0 Å². The molecule has 1 atom stereocenters. The molecule has 1 aliphatic heterocycles. The lowest BCUT2D eigenvalue weighted by atomic mass is 9.97. The summed E-state index contributed by atoms with van der Waals surface area (Å²) in [7, 11) is 0. The number of ether oxygens (including phenoxy) is 3. The van der Waals surface area contributed by atoms with E-state index < -0.39 is 5.79 Å². The molecule has 0 aromatic rings. The highest BCUT2D eigenvalue weighted by Gasteiger charge is 2.45. The Morgan fingerprint density at radius 2 is 1.06 bits per heavy atom. The lowest BCUT2D eigenvalue weighted by Crippen LogP contribution is -2.39. The highest BCUT2D eigenvalue weighted by molar-refractivity contribution is 4.88. The van der Waals surface area contributed by atoms with Crippen molar-refractivity contribution >= 4 is 0 Å². The Hall–Kier alpha value is -0.120. The summed E-state index contributed by atoms with van der Waals surface area (Å²) in [5, 5.41) is 0. The first-order chi connectivity index (χ1) is 15.0. The van der Waals surface area contributed by atoms with E-state index in [9.17, 15) is 0 Å². The van der Waals surface area contributed by atoms with Crippen LogP contribution in [0.3, 0.4) is 0 Å². The summed E-state index contributed by atoms with van der Waals surface area (Å²) in [6, 6.07) is 0. The van der Waals surface area contributed by atoms with Gasteiger partial charge in [-0.15, -0.1) is 0 Å². The maximum Gasteiger partial charge on any atom is 0.163 e. The molecule has 1 saturated heterocycles. The van der Waals surface area contributed by atoms with E-state index in [2.05, 4.69) is 13.8 Å². The van der Waals surface area contributed by atoms with Gasteiger partial charge in [0.25, 0.3) is 0 Å². The van der Waals surface area contributed by atoms with E-state index in [1.807, 2.05) is 13.8 Å². The zero-order valence-electron chi connectivity index (χ0n) is 21.8. The third-order valence-corrected chi connectivity index (χ3v) is 6.64. The smallest absolute Gasteiger partial charge is 0.163 e. The van der Waals surface area contributed by atoms with E-state index in [-0.39, 0.29) is 5.60 Å². The van der Waals surface area contributed by atoms with E-state index in [1.54, 1.807) is 0 Å². The second-order valence-corrected chi connectivity index (χ2v) is 10.4. The van der Waals surface area contributed by atoms with Gasteiger partial charge in [-0.05, 0) is 26.7 Å². The number of rotatable bonds is 22. The van der Waals surface area contributed by atoms with Crippen LogP contribution < -0.4 is 0 Å². The quantitative estimate of drug-likeness (QED) is 0.157. The number of unbranched alkanes of at least 4 members (excludes halogenated alkanes) is 16. The first-order valence-corrected chi connectivity index (χ1v) is 14.0. The lowest BCUT2D eigenvalue weighted by molar-refractivity contribution is -0.175. The van der Waals surface area contributed by atoms with E-state index >= 15 is 0 Å². The Balaban J connectivity index is 2.10. The summed E-state index contributed by atoms with van der Waals surface area (Å²) in [6.07, 6.45) is 25.5. The normalized spacial score (nSPS) is 20.5. The molecule has 1 rings (SSSR count). The van der Waals surface area contributed by atoms with Crippen LogP contribution >= 0.6 is 0 Å². The zero-order chi connectivity index (χ0) is 22.7. The summed E-state index contributed by atoms with van der Waals surface area (Å²) >= 11 is 0. The maximum absolute atomic E-state index is 6.35. The van der Waals surface area contributed by atoms with Crippen LogP contribution in [-0.4, -0.2) is 31.2 Å². The molecule has 1 aliphatic rings. The SMILES string of the molecule is CCCCCCCCCCCOCC1(CCCCCCCCCCC)COC(C)(C)O1. The van der Waals surface area contributed by atoms with Crippen molar-refractivity contribution in [3.8, 4) is 0 Å². The minimum Gasteiger partial charge on any atom is -0.378 e. The lowest BCUT2D eigenvalue weighted by Gasteiger charge is -2.29. The number of hydrogen-bond acceptors (Lipinski definition) is 3. The molecule has 0 saturated carbocycles. The molecule has 186 valence electrons. The molecule has 31 heavy (non-hydrogen) atoms. The molecule has 0 amide bonds. The molecule has 1 heterocycles. The summed E-state index contributed by atoms with van der Waals surface area (Å²) < 4.78 is 18.4. The fourth-order valence-corrected chi connectivity index (χ4v) is 4.68. The third kappa shape index (κ3) is 15.4. The summed E-state index contributed by atoms with van der Waals surface area (Å²) in [6.45, 7) is 10.9. The van der Waals surface area contributed by atoms with Crippen molar-refractivity contribution in [2.24, 2.45) is 0 Å². The molecule has 0 aromatic carbocycles. The minimum atomic E-state index is -0.472. The van der Waals surface area contributed by atoms with Gasteiger partial charge < -0.3 is 14.2 Å². The van der Waals surface area contributed by atoms with Gasteiger partial charge in [0.2, 0.25) is 0 Å². The molecule has 0 aromatic heterocycles. The van der Waals surface area contributed by atoms with Gasteiger partial charge in [-0.1, -0.05) is 123 Å². The van der Waals surface area contributed by atoms with E-state index in [0.717, 1.165) is 13.0 Å². The Morgan fingerprint density at radius 1 is 0.613 bits per heavy atom. The summed E-state index contributed by atoms with van der Waals surface area (Å²) in [4.78, 5) is 0. The summed E-state index contributed by atoms with van der Waals surface area (Å²) in [5.41, 5.74) is -0.232. The Labute approximate surface area is 195 Å². The van der Waals surface area contributed by atoms with Crippen molar-refractivity contribution in [3.05, 3.63) is 0 Å². The predicted molar refractivity (Wildman–Crippen MR) is 134 cm³/mol. The Kier molecular flexibility index (Phi) is 17.1. The van der Waals surface area contributed by atoms with Crippen LogP contribution in [0.5, 0.6) is 0 Å². The van der Waals surface area contributed by atoms with Crippen LogP contribution in [0.25, 0.3) is 0 Å². The van der Waals surface area contributed by atoms with Crippen LogP contribution in [0.1, 0.15) is 150 Å². The molecule has 0 aliphatic carbocycles. The Morgan fingerprint density at radius 3 is 1.52 bits per heavy atom. The molecular formula is C28H56O3. The van der Waals surface area contributed by atoms with Gasteiger partial charge >= 0.3 is 0 Å². The number of hydrogen-bond donors (Lipinski definition) is 0. The van der Waals surface area contributed by atoms with Gasteiger partial charge in [-0.3, -0.25) is 0 Å². The van der Waals surface area contributed by atoms with Crippen molar-refractivity contribution in [2.45, 2.75) is 161 Å². The van der Waals surface area contributed by atoms with Crippen molar-refractivity contribution in [1.82, 2.24) is 0 Å². The predicted octanol–water partition coefficient (Wildman–Crippen LogP) is 8.98. The first kappa shape index (κ1) is 28.9. The second-order valence-electron chi connectivity index (χ2n) is 10.4. The highest BCUT2D eigenvalue weighted by Crippen LogP contribution is 2.35. The maximum atomic E-state index is 6.35. The summed E-state index contributed by atoms with van der Waals surface area (Å²) in [5.74, 6) is -0.472. The van der Waals surface area contributed by atoms with E-state index in [4.69, 9.17) is 14.2 Å². The minimum absolute atomic E-state index is 0.232. The van der Waals surface area contributed by atoms with Crippen LogP contribution in [-0.2, 0) is 14.2 Å². The largest absolute Gasteiger partial charge is 0.378 e. The molecule has 0 radical (unpaired) electrons. The molecule has 3 heteroatoms. The zero-order valence-corrected chi connectivity index (χ0v) is 21.8. The molecule has 1 fully saturated rings. The average molecular weight is 441 g/mol. The van der Waals surface area contributed by atoms with Crippen molar-refractivity contribution in [1.29, 1.82) is 0 Å². The van der Waals surface area contributed by atoms with Gasteiger partial charge in [0, 0.05) is 6.61 Å². The van der Waals surface area contributed by atoms with Gasteiger partial charge in [-0.25, -0.2) is 0 Å². The van der Waals surface area contributed by atoms with Crippen LogP contribution in [0.15, 0.2) is 0 Å². The molecular weight excluding hydrogens is 384 g/mol. The second kappa shape index (κ2) is 18.3. The first-order valence-electron chi connectivity index (χ1n) is 14.0. The third-order valence-electron chi connectivity index (χ3n) is 6.64. The highest BCUT2D eigenvalue weighted by atomic mass is 16.8. The molecule has 1 unspecified atom stereocenters. The topological polar surface area (TPSA) is 27.7 Å². The van der Waals surface area contributed by atoms with Gasteiger partial charge in [0.15, 0.2) is 5.79 Å². The average Bonchev–Trinajstić information content (AvgIpc) is 3.05. The van der Waals surface area contributed by atoms with Crippen molar-refractivity contribution < 1.29 is 14.2 Å². The van der Waals surface area contributed by atoms with Crippen LogP contribution in [0, 0.1) is 0 Å². The molecule has 0 N–H and O–H groups in total. The van der Waals surface area contributed by atoms with Crippen LogP contribution in [0.4, 0.5) is 0 Å². The monoisotopic (exact) mass is 440 g/mol. The van der Waals surface area contributed by atoms with E-state index in [0.29, 0.717) is 13.2 Å². The van der Waals surface area contributed by atoms with Gasteiger partial charge in [0.1, 0.15) is 5.60 Å². The molecule has 0 spiro atoms. The standard InChI is InChI=1S/C28H56O3/c1-5-7-9-11-13-15-17-19-21-23-28(26-30-27(3,4)31-28)25-29-24-22-20-18-16-14-12-10-8-6-2/h5-26H2,1-4H3. The van der Waals surface area contributed by atoms with Crippen LogP contribution in [0.2, 0.25) is 0 Å². The Bertz CT molecular complexity index is 396.